The number of hydrogen-bond acceptors (Lipinski definition) is 6. The van der Waals surface area contributed by atoms with Crippen molar-refractivity contribution < 1.29 is 9.53 Å². The van der Waals surface area contributed by atoms with Gasteiger partial charge in [0, 0.05) is 50.5 Å². The highest BCUT2D eigenvalue weighted by Gasteiger charge is 2.18. The molecule has 0 saturated carbocycles. The Bertz CT molecular complexity index is 1010. The molecule has 1 fully saturated rings. The first-order valence-electron chi connectivity index (χ1n) is 9.32. The van der Waals surface area contributed by atoms with E-state index in [-0.39, 0.29) is 5.91 Å². The molecule has 7 heteroatoms. The van der Waals surface area contributed by atoms with E-state index in [0.717, 1.165) is 35.1 Å². The largest absolute Gasteiger partial charge is 0.378 e. The molecule has 0 atom stereocenters. The highest BCUT2D eigenvalue weighted by Crippen LogP contribution is 2.27. The molecule has 4 rings (SSSR count). The molecule has 0 bridgehead atoms. The maximum atomic E-state index is 12.8. The molecule has 1 saturated heterocycles. The number of para-hydroxylation sites is 1. The third kappa shape index (κ3) is 3.41. The van der Waals surface area contributed by atoms with Gasteiger partial charge in [0.1, 0.15) is 0 Å². The second-order valence-electron chi connectivity index (χ2n) is 7.10. The van der Waals surface area contributed by atoms with Gasteiger partial charge in [0.25, 0.3) is 5.91 Å². The number of aromatic nitrogens is 3. The van der Waals surface area contributed by atoms with Gasteiger partial charge < -0.3 is 14.5 Å². The summed E-state index contributed by atoms with van der Waals surface area (Å²) in [7, 11) is 3.51. The summed E-state index contributed by atoms with van der Waals surface area (Å²) in [6.07, 6.45) is 3.54. The maximum absolute atomic E-state index is 12.8. The number of benzene rings is 1. The Morgan fingerprint density at radius 1 is 1.14 bits per heavy atom. The third-order valence-electron chi connectivity index (χ3n) is 4.91. The molecule has 7 nitrogen and oxygen atoms in total. The zero-order valence-electron chi connectivity index (χ0n) is 16.3. The predicted molar refractivity (Wildman–Crippen MR) is 109 cm³/mol. The number of ether oxygens (including phenoxy) is 1. The normalized spacial score (nSPS) is 14.3. The Morgan fingerprint density at radius 3 is 2.54 bits per heavy atom. The minimum absolute atomic E-state index is 0.0508. The van der Waals surface area contributed by atoms with Crippen LogP contribution in [0.5, 0.6) is 0 Å². The van der Waals surface area contributed by atoms with Crippen molar-refractivity contribution in [1.82, 2.24) is 19.9 Å². The van der Waals surface area contributed by atoms with Crippen LogP contribution in [0.4, 0.5) is 5.95 Å². The molecule has 1 aliphatic rings. The van der Waals surface area contributed by atoms with E-state index in [1.165, 1.54) is 0 Å². The lowest BCUT2D eigenvalue weighted by Gasteiger charge is -2.26. The summed E-state index contributed by atoms with van der Waals surface area (Å²) in [5.74, 6) is 0.638. The average Bonchev–Trinajstić information content (AvgIpc) is 2.73. The van der Waals surface area contributed by atoms with Crippen LogP contribution in [-0.2, 0) is 4.74 Å². The van der Waals surface area contributed by atoms with Gasteiger partial charge in [-0.15, -0.1) is 0 Å². The molecule has 1 amide bonds. The van der Waals surface area contributed by atoms with Crippen molar-refractivity contribution in [3.05, 3.63) is 47.8 Å². The van der Waals surface area contributed by atoms with Crippen molar-refractivity contribution in [2.45, 2.75) is 6.92 Å². The number of fused-ring (bicyclic) bond motifs is 1. The summed E-state index contributed by atoms with van der Waals surface area (Å²) in [4.78, 5) is 30.3. The molecule has 28 heavy (non-hydrogen) atoms. The van der Waals surface area contributed by atoms with E-state index in [1.807, 2.05) is 31.2 Å². The minimum atomic E-state index is -0.0508. The third-order valence-corrected chi connectivity index (χ3v) is 4.91. The van der Waals surface area contributed by atoms with Crippen LogP contribution in [-0.4, -0.2) is 66.2 Å². The number of hydrogen-bond donors (Lipinski definition) is 0. The number of pyridine rings is 1. The summed E-state index contributed by atoms with van der Waals surface area (Å²) >= 11 is 0. The Kier molecular flexibility index (Phi) is 4.92. The number of anilines is 1. The van der Waals surface area contributed by atoms with Gasteiger partial charge in [0.05, 0.1) is 30.0 Å². The van der Waals surface area contributed by atoms with Crippen molar-refractivity contribution in [3.63, 3.8) is 0 Å². The van der Waals surface area contributed by atoms with Crippen molar-refractivity contribution in [1.29, 1.82) is 0 Å². The summed E-state index contributed by atoms with van der Waals surface area (Å²) in [6.45, 7) is 4.95. The van der Waals surface area contributed by atoms with Gasteiger partial charge >= 0.3 is 0 Å². The summed E-state index contributed by atoms with van der Waals surface area (Å²) in [6, 6.07) is 7.72. The van der Waals surface area contributed by atoms with Gasteiger partial charge in [-0.2, -0.15) is 0 Å². The standard InChI is InChI=1S/C21H23N5O2/c1-14-5-4-6-16-17(20(27)25(2)3)11-18(24-19(14)16)15-12-22-21(23-13-15)26-7-9-28-10-8-26/h4-6,11-13H,7-10H2,1-3H3. The van der Waals surface area contributed by atoms with Crippen LogP contribution in [0.1, 0.15) is 15.9 Å². The molecule has 1 aromatic carbocycles. The summed E-state index contributed by atoms with van der Waals surface area (Å²) in [5, 5.41) is 0.855. The van der Waals surface area contributed by atoms with E-state index in [1.54, 1.807) is 31.4 Å². The lowest BCUT2D eigenvalue weighted by Crippen LogP contribution is -2.37. The quantitative estimate of drug-likeness (QED) is 0.699. The van der Waals surface area contributed by atoms with Crippen LogP contribution in [0.15, 0.2) is 36.7 Å². The number of carbonyl (C=O) groups excluding carboxylic acids is 1. The first-order valence-corrected chi connectivity index (χ1v) is 9.32. The number of morpholine rings is 1. The van der Waals surface area contributed by atoms with Crippen molar-refractivity contribution in [2.75, 3.05) is 45.3 Å². The van der Waals surface area contributed by atoms with Gasteiger partial charge in [-0.1, -0.05) is 18.2 Å². The Hall–Kier alpha value is -3.06. The molecular weight excluding hydrogens is 354 g/mol. The highest BCUT2D eigenvalue weighted by molar-refractivity contribution is 6.07. The zero-order valence-corrected chi connectivity index (χ0v) is 16.3. The van der Waals surface area contributed by atoms with Gasteiger partial charge in [-0.3, -0.25) is 4.79 Å². The van der Waals surface area contributed by atoms with Crippen LogP contribution in [0.25, 0.3) is 22.2 Å². The fraction of sp³-hybridized carbons (Fsp3) is 0.333. The fourth-order valence-electron chi connectivity index (χ4n) is 3.34. The molecule has 0 radical (unpaired) electrons. The molecule has 3 aromatic rings. The monoisotopic (exact) mass is 377 g/mol. The van der Waals surface area contributed by atoms with Crippen LogP contribution in [0.3, 0.4) is 0 Å². The summed E-state index contributed by atoms with van der Waals surface area (Å²) < 4.78 is 5.38. The number of rotatable bonds is 3. The van der Waals surface area contributed by atoms with Crippen LogP contribution in [0, 0.1) is 6.92 Å². The Morgan fingerprint density at radius 2 is 1.86 bits per heavy atom. The smallest absolute Gasteiger partial charge is 0.254 e. The van der Waals surface area contributed by atoms with Gasteiger partial charge in [-0.05, 0) is 18.6 Å². The van der Waals surface area contributed by atoms with E-state index in [2.05, 4.69) is 14.9 Å². The number of aryl methyl sites for hydroxylation is 1. The Balaban J connectivity index is 1.78. The average molecular weight is 377 g/mol. The van der Waals surface area contributed by atoms with Crippen LogP contribution < -0.4 is 4.90 Å². The lowest BCUT2D eigenvalue weighted by atomic mass is 10.0. The SMILES string of the molecule is Cc1cccc2c(C(=O)N(C)C)cc(-c3cnc(N4CCOCC4)nc3)nc12. The lowest BCUT2D eigenvalue weighted by molar-refractivity contribution is 0.0829. The molecule has 0 unspecified atom stereocenters. The van der Waals surface area contributed by atoms with Crippen molar-refractivity contribution in [3.8, 4) is 11.3 Å². The van der Waals surface area contributed by atoms with Gasteiger partial charge in [0.2, 0.25) is 5.95 Å². The number of amides is 1. The van der Waals surface area contributed by atoms with E-state index >= 15 is 0 Å². The maximum Gasteiger partial charge on any atom is 0.254 e. The van der Waals surface area contributed by atoms with Gasteiger partial charge in [-0.25, -0.2) is 15.0 Å². The topological polar surface area (TPSA) is 71.5 Å². The summed E-state index contributed by atoms with van der Waals surface area (Å²) in [5.41, 5.74) is 3.96. The van der Waals surface area contributed by atoms with E-state index < -0.39 is 0 Å². The molecule has 144 valence electrons. The van der Waals surface area contributed by atoms with Crippen LogP contribution >= 0.6 is 0 Å². The molecule has 3 heterocycles. The Labute approximate surface area is 164 Å². The molecule has 0 aliphatic carbocycles. The van der Waals surface area contributed by atoms with Gasteiger partial charge in [0.15, 0.2) is 0 Å². The van der Waals surface area contributed by atoms with E-state index in [9.17, 15) is 4.79 Å². The van der Waals surface area contributed by atoms with Crippen LogP contribution in [0.2, 0.25) is 0 Å². The molecular formula is C21H23N5O2. The molecule has 2 aromatic heterocycles. The van der Waals surface area contributed by atoms with Crippen molar-refractivity contribution in [2.24, 2.45) is 0 Å². The molecule has 0 N–H and O–H groups in total. The second-order valence-corrected chi connectivity index (χ2v) is 7.10. The second kappa shape index (κ2) is 7.52. The molecule has 0 spiro atoms. The first-order chi connectivity index (χ1) is 13.5. The molecule has 1 aliphatic heterocycles. The van der Waals surface area contributed by atoms with Crippen molar-refractivity contribution >= 4 is 22.8 Å². The van der Waals surface area contributed by atoms with E-state index in [0.29, 0.717) is 30.4 Å². The minimum Gasteiger partial charge on any atom is -0.378 e. The fourth-order valence-corrected chi connectivity index (χ4v) is 3.34. The zero-order chi connectivity index (χ0) is 19.7. The predicted octanol–water partition coefficient (Wildman–Crippen LogP) is 2.54. The number of nitrogens with zero attached hydrogens (tertiary/aromatic N) is 5. The highest BCUT2D eigenvalue weighted by atomic mass is 16.5. The van der Waals surface area contributed by atoms with E-state index in [4.69, 9.17) is 9.72 Å². The first kappa shape index (κ1) is 18.3. The number of carbonyl (C=O) groups is 1.